The quantitative estimate of drug-likeness (QED) is 0.376. The van der Waals surface area contributed by atoms with Gasteiger partial charge in [0.25, 0.3) is 5.78 Å². The molecule has 0 aliphatic carbocycles. The van der Waals surface area contributed by atoms with Crippen molar-refractivity contribution in [3.63, 3.8) is 0 Å². The fraction of sp³-hybridized carbons (Fsp3) is 0.421. The third-order valence-electron chi connectivity index (χ3n) is 4.16. The number of nitrogens with zero attached hydrogens (tertiary/aromatic N) is 4. The third-order valence-corrected chi connectivity index (χ3v) is 5.08. The average Bonchev–Trinajstić information content (AvgIpc) is 3.03. The van der Waals surface area contributed by atoms with Gasteiger partial charge in [-0.05, 0) is 19.4 Å². The number of rotatable bonds is 7. The fourth-order valence-corrected chi connectivity index (χ4v) is 3.49. The predicted octanol–water partition coefficient (Wildman–Crippen LogP) is 5.79. The summed E-state index contributed by atoms with van der Waals surface area (Å²) in [6.07, 6.45) is -0.170. The van der Waals surface area contributed by atoms with Crippen LogP contribution < -0.4 is 0 Å². The van der Waals surface area contributed by atoms with Gasteiger partial charge in [-0.1, -0.05) is 67.8 Å². The van der Waals surface area contributed by atoms with Crippen LogP contribution in [0.25, 0.3) is 17.0 Å². The van der Waals surface area contributed by atoms with Crippen LogP contribution in [0.15, 0.2) is 35.5 Å². The maximum atomic E-state index is 13.6. The number of unbranched alkanes of at least 4 members (excludes halogenated alkanes) is 3. The highest BCUT2D eigenvalue weighted by atomic mass is 32.2. The predicted molar refractivity (Wildman–Crippen MR) is 101 cm³/mol. The molecule has 0 amide bonds. The van der Waals surface area contributed by atoms with Gasteiger partial charge < -0.3 is 0 Å². The van der Waals surface area contributed by atoms with Gasteiger partial charge in [-0.3, -0.25) is 0 Å². The van der Waals surface area contributed by atoms with E-state index in [1.54, 1.807) is 12.1 Å². The Morgan fingerprint density at radius 3 is 2.44 bits per heavy atom. The van der Waals surface area contributed by atoms with Crippen LogP contribution in [0.4, 0.5) is 13.2 Å². The Kier molecular flexibility index (Phi) is 6.04. The molecule has 144 valence electrons. The molecule has 0 saturated heterocycles. The zero-order chi connectivity index (χ0) is 19.4. The van der Waals surface area contributed by atoms with Gasteiger partial charge in [0.1, 0.15) is 0 Å². The van der Waals surface area contributed by atoms with Crippen LogP contribution in [0.3, 0.4) is 0 Å². The normalized spacial score (nSPS) is 12.0. The Morgan fingerprint density at radius 2 is 1.78 bits per heavy atom. The minimum Gasteiger partial charge on any atom is -0.211 e. The summed E-state index contributed by atoms with van der Waals surface area (Å²) in [6, 6.07) is 8.23. The Hall–Kier alpha value is -2.09. The number of hydrogen-bond donors (Lipinski definition) is 0. The Morgan fingerprint density at radius 1 is 1.04 bits per heavy atom. The molecule has 0 aliphatic rings. The number of hydrogen-bond acceptors (Lipinski definition) is 4. The summed E-state index contributed by atoms with van der Waals surface area (Å²) in [6.45, 7) is 4.05. The molecule has 2 heterocycles. The second-order valence-electron chi connectivity index (χ2n) is 6.41. The first-order valence-electron chi connectivity index (χ1n) is 8.93. The number of fused-ring (bicyclic) bond motifs is 1. The Bertz CT molecular complexity index is 904. The van der Waals surface area contributed by atoms with E-state index in [1.165, 1.54) is 11.8 Å². The van der Waals surface area contributed by atoms with Crippen molar-refractivity contribution in [1.82, 2.24) is 19.6 Å². The highest BCUT2D eigenvalue weighted by Crippen LogP contribution is 2.32. The number of halogens is 3. The van der Waals surface area contributed by atoms with Crippen LogP contribution in [0, 0.1) is 6.92 Å². The molecule has 0 bridgehead atoms. The highest BCUT2D eigenvalue weighted by molar-refractivity contribution is 7.99. The summed E-state index contributed by atoms with van der Waals surface area (Å²) in [5.41, 5.74) is 1.01. The molecule has 0 N–H and O–H groups in total. The van der Waals surface area contributed by atoms with Gasteiger partial charge in [-0.15, -0.1) is 5.10 Å². The number of aryl methyl sites for hydroxylation is 1. The first-order chi connectivity index (χ1) is 12.9. The van der Waals surface area contributed by atoms with Crippen LogP contribution in [0.2, 0.25) is 0 Å². The van der Waals surface area contributed by atoms with Gasteiger partial charge in [0.05, 0.1) is 5.69 Å². The SMILES string of the molecule is CCCCCCSc1nc2nc(-c3ccc(C)cc3)cc(C(F)(F)F)n2n1. The smallest absolute Gasteiger partial charge is 0.211 e. The van der Waals surface area contributed by atoms with Crippen molar-refractivity contribution in [2.75, 3.05) is 5.75 Å². The standard InChI is InChI=1S/C19H21F3N4S/c1-3-4-5-6-11-27-18-24-17-23-15(14-9-7-13(2)8-10-14)12-16(19(20,21)22)26(17)25-18/h7-10,12H,3-6,11H2,1-2H3. The van der Waals surface area contributed by atoms with Crippen molar-refractivity contribution in [3.8, 4) is 11.3 Å². The van der Waals surface area contributed by atoms with E-state index in [0.717, 1.165) is 47.6 Å². The van der Waals surface area contributed by atoms with E-state index in [9.17, 15) is 13.2 Å². The maximum absolute atomic E-state index is 13.6. The second kappa shape index (κ2) is 8.29. The van der Waals surface area contributed by atoms with Crippen molar-refractivity contribution in [2.45, 2.75) is 50.9 Å². The van der Waals surface area contributed by atoms with Crippen LogP contribution in [-0.4, -0.2) is 25.3 Å². The lowest BCUT2D eigenvalue weighted by Crippen LogP contribution is -2.13. The first kappa shape index (κ1) is 19.7. The highest BCUT2D eigenvalue weighted by Gasteiger charge is 2.35. The zero-order valence-electron chi connectivity index (χ0n) is 15.3. The molecule has 8 heteroatoms. The molecule has 0 aliphatic heterocycles. The maximum Gasteiger partial charge on any atom is 0.433 e. The van der Waals surface area contributed by atoms with E-state index in [0.29, 0.717) is 10.7 Å². The lowest BCUT2D eigenvalue weighted by atomic mass is 10.1. The van der Waals surface area contributed by atoms with Crippen LogP contribution >= 0.6 is 11.8 Å². The summed E-state index contributed by atoms with van der Waals surface area (Å²) in [4.78, 5) is 8.52. The summed E-state index contributed by atoms with van der Waals surface area (Å²) < 4.78 is 41.5. The number of thioether (sulfide) groups is 1. The van der Waals surface area contributed by atoms with Gasteiger partial charge in [-0.2, -0.15) is 22.7 Å². The van der Waals surface area contributed by atoms with Crippen molar-refractivity contribution in [3.05, 3.63) is 41.6 Å². The zero-order valence-corrected chi connectivity index (χ0v) is 16.1. The molecule has 0 spiro atoms. The van der Waals surface area contributed by atoms with Crippen LogP contribution in [-0.2, 0) is 6.18 Å². The molecular weight excluding hydrogens is 373 g/mol. The second-order valence-corrected chi connectivity index (χ2v) is 7.47. The Labute approximate surface area is 160 Å². The van der Waals surface area contributed by atoms with E-state index in [2.05, 4.69) is 22.0 Å². The van der Waals surface area contributed by atoms with Crippen LogP contribution in [0.5, 0.6) is 0 Å². The molecule has 0 radical (unpaired) electrons. The summed E-state index contributed by atoms with van der Waals surface area (Å²) in [7, 11) is 0. The largest absolute Gasteiger partial charge is 0.433 e. The van der Waals surface area contributed by atoms with Crippen molar-refractivity contribution >= 4 is 17.5 Å². The topological polar surface area (TPSA) is 43.1 Å². The monoisotopic (exact) mass is 394 g/mol. The lowest BCUT2D eigenvalue weighted by Gasteiger charge is -2.10. The molecule has 3 aromatic rings. The third kappa shape index (κ3) is 4.80. The Balaban J connectivity index is 1.94. The van der Waals surface area contributed by atoms with E-state index < -0.39 is 11.9 Å². The number of alkyl halides is 3. The van der Waals surface area contributed by atoms with Gasteiger partial charge in [-0.25, -0.2) is 4.98 Å². The van der Waals surface area contributed by atoms with E-state index in [1.807, 2.05) is 19.1 Å². The van der Waals surface area contributed by atoms with Gasteiger partial charge in [0, 0.05) is 11.3 Å². The van der Waals surface area contributed by atoms with Gasteiger partial charge >= 0.3 is 6.18 Å². The molecule has 1 aromatic carbocycles. The van der Waals surface area contributed by atoms with Crippen molar-refractivity contribution in [1.29, 1.82) is 0 Å². The minimum absolute atomic E-state index is 0.0311. The number of benzene rings is 1. The molecular formula is C19H21F3N4S. The summed E-state index contributed by atoms with van der Waals surface area (Å²) in [5.74, 6) is 0.750. The van der Waals surface area contributed by atoms with E-state index in [4.69, 9.17) is 0 Å². The number of aromatic nitrogens is 4. The lowest BCUT2D eigenvalue weighted by molar-refractivity contribution is -0.142. The average molecular weight is 394 g/mol. The van der Waals surface area contributed by atoms with E-state index >= 15 is 0 Å². The molecule has 0 saturated carbocycles. The molecule has 0 atom stereocenters. The molecule has 0 unspecified atom stereocenters. The van der Waals surface area contributed by atoms with Crippen LogP contribution in [0.1, 0.15) is 43.9 Å². The van der Waals surface area contributed by atoms with Crippen molar-refractivity contribution < 1.29 is 13.2 Å². The van der Waals surface area contributed by atoms with Gasteiger partial charge in [0.2, 0.25) is 5.16 Å². The van der Waals surface area contributed by atoms with Crippen molar-refractivity contribution in [2.24, 2.45) is 0 Å². The first-order valence-corrected chi connectivity index (χ1v) is 9.92. The molecule has 27 heavy (non-hydrogen) atoms. The molecule has 2 aromatic heterocycles. The fourth-order valence-electron chi connectivity index (χ4n) is 2.68. The molecule has 3 rings (SSSR count). The molecule has 4 nitrogen and oxygen atoms in total. The summed E-state index contributed by atoms with van der Waals surface area (Å²) >= 11 is 1.37. The minimum atomic E-state index is -4.54. The summed E-state index contributed by atoms with van der Waals surface area (Å²) in [5, 5.41) is 4.36. The van der Waals surface area contributed by atoms with Gasteiger partial charge in [0.15, 0.2) is 5.69 Å². The van der Waals surface area contributed by atoms with E-state index in [-0.39, 0.29) is 11.5 Å². The molecule has 0 fully saturated rings.